The predicted molar refractivity (Wildman–Crippen MR) is 88.8 cm³/mol. The Bertz CT molecular complexity index is 874. The van der Waals surface area contributed by atoms with Crippen molar-refractivity contribution >= 4 is 33.0 Å². The van der Waals surface area contributed by atoms with E-state index >= 15 is 0 Å². The lowest BCUT2D eigenvalue weighted by Gasteiger charge is -2.16. The van der Waals surface area contributed by atoms with E-state index in [4.69, 9.17) is 11.6 Å². The summed E-state index contributed by atoms with van der Waals surface area (Å²) in [5.74, 6) is -0.520. The summed E-state index contributed by atoms with van der Waals surface area (Å²) in [6.07, 6.45) is 0. The second-order valence-corrected chi connectivity index (χ2v) is 7.51. The molecule has 2 aromatic carbocycles. The number of halogens is 1. The molecule has 0 atom stereocenters. The zero-order valence-electron chi connectivity index (χ0n) is 12.8. The number of amides is 1. The number of sulfone groups is 1. The van der Waals surface area contributed by atoms with Crippen LogP contribution in [0, 0.1) is 13.8 Å². The van der Waals surface area contributed by atoms with Gasteiger partial charge in [0.25, 0.3) is 0 Å². The van der Waals surface area contributed by atoms with Crippen molar-refractivity contribution in [3.63, 3.8) is 0 Å². The highest BCUT2D eigenvalue weighted by Crippen LogP contribution is 2.37. The third-order valence-corrected chi connectivity index (χ3v) is 5.59. The molecule has 0 aliphatic rings. The Morgan fingerprint density at radius 2 is 1.74 bits per heavy atom. The molecular formula is C16H16ClNO4S. The molecule has 0 unspecified atom stereocenters. The minimum atomic E-state index is -3.94. The Labute approximate surface area is 139 Å². The monoisotopic (exact) mass is 353 g/mol. The summed E-state index contributed by atoms with van der Waals surface area (Å²) in [6, 6.07) is 7.13. The number of aromatic hydroxyl groups is 1. The second kappa shape index (κ2) is 6.22. The highest BCUT2D eigenvalue weighted by atomic mass is 35.5. The molecule has 0 aromatic heterocycles. The van der Waals surface area contributed by atoms with Gasteiger partial charge in [0.2, 0.25) is 15.7 Å². The first kappa shape index (κ1) is 17.3. The number of anilines is 1. The lowest BCUT2D eigenvalue weighted by molar-refractivity contribution is -0.114. The van der Waals surface area contributed by atoms with Crippen molar-refractivity contribution in [3.8, 4) is 5.75 Å². The Kier molecular flexibility index (Phi) is 4.68. The lowest BCUT2D eigenvalue weighted by Crippen LogP contribution is -2.13. The molecule has 0 heterocycles. The number of benzene rings is 2. The van der Waals surface area contributed by atoms with Gasteiger partial charge >= 0.3 is 0 Å². The average molecular weight is 354 g/mol. The highest BCUT2D eigenvalue weighted by molar-refractivity contribution is 7.91. The van der Waals surface area contributed by atoms with Gasteiger partial charge in [-0.1, -0.05) is 11.6 Å². The van der Waals surface area contributed by atoms with Gasteiger partial charge in [-0.25, -0.2) is 8.42 Å². The van der Waals surface area contributed by atoms with Crippen LogP contribution in [0.3, 0.4) is 0 Å². The van der Waals surface area contributed by atoms with Gasteiger partial charge in [-0.3, -0.25) is 4.79 Å². The van der Waals surface area contributed by atoms with Crippen molar-refractivity contribution in [2.45, 2.75) is 30.6 Å². The maximum absolute atomic E-state index is 12.9. The van der Waals surface area contributed by atoms with Gasteiger partial charge in [0.1, 0.15) is 10.6 Å². The molecule has 2 aromatic rings. The van der Waals surface area contributed by atoms with E-state index in [1.54, 1.807) is 6.92 Å². The number of rotatable bonds is 3. The Hall–Kier alpha value is -2.05. The van der Waals surface area contributed by atoms with E-state index in [2.05, 4.69) is 5.32 Å². The summed E-state index contributed by atoms with van der Waals surface area (Å²) in [5.41, 5.74) is 0.797. The number of hydrogen-bond donors (Lipinski definition) is 2. The number of carbonyl (C=O) groups excluding carboxylic acids is 1. The smallest absolute Gasteiger partial charge is 0.221 e. The molecule has 7 heteroatoms. The fourth-order valence-electron chi connectivity index (χ4n) is 2.32. The summed E-state index contributed by atoms with van der Waals surface area (Å²) in [6.45, 7) is 4.42. The molecule has 0 aliphatic heterocycles. The fraction of sp³-hybridized carbons (Fsp3) is 0.188. The van der Waals surface area contributed by atoms with E-state index in [0.717, 1.165) is 0 Å². The van der Waals surface area contributed by atoms with Crippen molar-refractivity contribution in [2.75, 3.05) is 5.32 Å². The number of nitrogens with one attached hydrogen (secondary N) is 1. The van der Waals surface area contributed by atoms with Crippen LogP contribution in [0.4, 0.5) is 5.69 Å². The Balaban J connectivity index is 2.76. The van der Waals surface area contributed by atoms with Crippen molar-refractivity contribution in [2.24, 2.45) is 0 Å². The van der Waals surface area contributed by atoms with Crippen molar-refractivity contribution in [1.82, 2.24) is 0 Å². The van der Waals surface area contributed by atoms with E-state index in [9.17, 15) is 18.3 Å². The van der Waals surface area contributed by atoms with E-state index < -0.39 is 15.7 Å². The molecule has 2 N–H and O–H groups in total. The first-order valence-corrected chi connectivity index (χ1v) is 8.62. The molecule has 0 radical (unpaired) electrons. The molecule has 0 saturated heterocycles. The minimum Gasteiger partial charge on any atom is -0.507 e. The SMILES string of the molecule is CC(=O)Nc1cc(C)c(O)c(C)c1S(=O)(=O)c1ccc(Cl)cc1. The van der Waals surface area contributed by atoms with E-state index in [-0.39, 0.29) is 26.8 Å². The van der Waals surface area contributed by atoms with Crippen molar-refractivity contribution in [1.29, 1.82) is 0 Å². The molecule has 0 bridgehead atoms. The second-order valence-electron chi connectivity index (χ2n) is 5.18. The molecule has 0 fully saturated rings. The van der Waals surface area contributed by atoms with E-state index in [1.807, 2.05) is 0 Å². The minimum absolute atomic E-state index is 0.0276. The van der Waals surface area contributed by atoms with Crippen LogP contribution in [-0.4, -0.2) is 19.4 Å². The zero-order chi connectivity index (χ0) is 17.4. The average Bonchev–Trinajstić information content (AvgIpc) is 2.44. The molecule has 1 amide bonds. The fourth-order valence-corrected chi connectivity index (χ4v) is 4.07. The van der Waals surface area contributed by atoms with Gasteiger partial charge < -0.3 is 10.4 Å². The van der Waals surface area contributed by atoms with Crippen LogP contribution >= 0.6 is 11.6 Å². The maximum atomic E-state index is 12.9. The van der Waals surface area contributed by atoms with Crippen LogP contribution < -0.4 is 5.32 Å². The van der Waals surface area contributed by atoms with E-state index in [1.165, 1.54) is 44.2 Å². The van der Waals surface area contributed by atoms with Crippen LogP contribution in [0.1, 0.15) is 18.1 Å². The van der Waals surface area contributed by atoms with Crippen LogP contribution in [0.25, 0.3) is 0 Å². The quantitative estimate of drug-likeness (QED) is 0.828. The molecule has 122 valence electrons. The summed E-state index contributed by atoms with van der Waals surface area (Å²) in [7, 11) is -3.94. The van der Waals surface area contributed by atoms with Crippen LogP contribution in [0.2, 0.25) is 5.02 Å². The first-order valence-electron chi connectivity index (χ1n) is 6.76. The Morgan fingerprint density at radius 1 is 1.17 bits per heavy atom. The normalized spacial score (nSPS) is 11.3. The maximum Gasteiger partial charge on any atom is 0.221 e. The molecule has 0 spiro atoms. The van der Waals surface area contributed by atoms with Crippen LogP contribution in [0.5, 0.6) is 5.75 Å². The standard InChI is InChI=1S/C16H16ClNO4S/c1-9-8-14(18-11(3)19)16(10(2)15(9)20)23(21,22)13-6-4-12(17)5-7-13/h4-8,20H,1-3H3,(H,18,19). The van der Waals surface area contributed by atoms with Gasteiger partial charge in [-0.15, -0.1) is 0 Å². The van der Waals surface area contributed by atoms with E-state index in [0.29, 0.717) is 10.6 Å². The topological polar surface area (TPSA) is 83.5 Å². The van der Waals surface area contributed by atoms with Crippen molar-refractivity contribution < 1.29 is 18.3 Å². The first-order chi connectivity index (χ1) is 10.6. The summed E-state index contributed by atoms with van der Waals surface area (Å²) < 4.78 is 25.9. The summed E-state index contributed by atoms with van der Waals surface area (Å²) in [5, 5.41) is 13.0. The van der Waals surface area contributed by atoms with Crippen LogP contribution in [-0.2, 0) is 14.6 Å². The zero-order valence-corrected chi connectivity index (χ0v) is 14.4. The lowest BCUT2D eigenvalue weighted by atomic mass is 10.1. The number of phenolic OH excluding ortho intramolecular Hbond substituents is 1. The molecule has 5 nitrogen and oxygen atoms in total. The molecule has 23 heavy (non-hydrogen) atoms. The molecule has 2 rings (SSSR count). The van der Waals surface area contributed by atoms with Gasteiger partial charge in [0.15, 0.2) is 0 Å². The van der Waals surface area contributed by atoms with Crippen molar-refractivity contribution in [3.05, 3.63) is 46.5 Å². The van der Waals surface area contributed by atoms with Crippen LogP contribution in [0.15, 0.2) is 40.1 Å². The Morgan fingerprint density at radius 3 is 2.26 bits per heavy atom. The summed E-state index contributed by atoms with van der Waals surface area (Å²) in [4.78, 5) is 11.3. The third kappa shape index (κ3) is 3.33. The number of phenols is 1. The largest absolute Gasteiger partial charge is 0.507 e. The van der Waals surface area contributed by atoms with Gasteiger partial charge in [-0.2, -0.15) is 0 Å². The van der Waals surface area contributed by atoms with Gasteiger partial charge in [0, 0.05) is 17.5 Å². The third-order valence-electron chi connectivity index (χ3n) is 3.38. The molecule has 0 saturated carbocycles. The van der Waals surface area contributed by atoms with Gasteiger partial charge in [-0.05, 0) is 49.7 Å². The number of carbonyl (C=O) groups is 1. The molecular weight excluding hydrogens is 338 g/mol. The highest BCUT2D eigenvalue weighted by Gasteiger charge is 2.27. The number of aryl methyl sites for hydroxylation is 1. The summed E-state index contributed by atoms with van der Waals surface area (Å²) >= 11 is 5.79. The number of hydrogen-bond acceptors (Lipinski definition) is 4. The predicted octanol–water partition coefficient (Wildman–Crippen LogP) is 3.45. The van der Waals surface area contributed by atoms with Gasteiger partial charge in [0.05, 0.1) is 10.6 Å². The molecule has 0 aliphatic carbocycles.